The van der Waals surface area contributed by atoms with E-state index in [2.05, 4.69) is 0 Å². The molecule has 0 spiro atoms. The summed E-state index contributed by atoms with van der Waals surface area (Å²) in [6.07, 6.45) is 8.30. The highest BCUT2D eigenvalue weighted by molar-refractivity contribution is 5.81. The second-order valence-electron chi connectivity index (χ2n) is 7.36. The van der Waals surface area contributed by atoms with Crippen molar-refractivity contribution in [2.45, 2.75) is 63.8 Å². The predicted molar refractivity (Wildman–Crippen MR) is 108 cm³/mol. The van der Waals surface area contributed by atoms with Gasteiger partial charge in [-0.15, -0.1) is 0 Å². The van der Waals surface area contributed by atoms with E-state index in [1.807, 2.05) is 4.90 Å². The third kappa shape index (κ3) is 7.12. The van der Waals surface area contributed by atoms with E-state index < -0.39 is 4.92 Å². The van der Waals surface area contributed by atoms with E-state index in [9.17, 15) is 19.7 Å². The van der Waals surface area contributed by atoms with E-state index in [0.717, 1.165) is 44.9 Å². The van der Waals surface area contributed by atoms with Crippen LogP contribution in [0.15, 0.2) is 18.2 Å². The number of aldehydes is 1. The maximum absolute atomic E-state index is 12.6. The number of nitrogens with zero attached hydrogens (tertiary/aromatic N) is 2. The molecule has 0 saturated heterocycles. The Morgan fingerprint density at radius 2 is 2.00 bits per heavy atom. The number of hydrogen-bond donors (Lipinski definition) is 1. The molecule has 1 aromatic rings. The lowest BCUT2D eigenvalue weighted by Gasteiger charge is -2.29. The van der Waals surface area contributed by atoms with Crippen LogP contribution < -0.4 is 4.74 Å². The number of unbranched alkanes of at least 4 members (excludes halogenated alkanes) is 2. The lowest BCUT2D eigenvalue weighted by atomic mass is 10.1. The van der Waals surface area contributed by atoms with Crippen LogP contribution in [0.25, 0.3) is 0 Å². The monoisotopic (exact) mass is 406 g/mol. The smallest absolute Gasteiger partial charge is 0.283 e. The van der Waals surface area contributed by atoms with Crippen molar-refractivity contribution in [3.05, 3.63) is 33.9 Å². The average molecular weight is 406 g/mol. The molecule has 1 N–H and O–H groups in total. The van der Waals surface area contributed by atoms with Crippen molar-refractivity contribution in [3.63, 3.8) is 0 Å². The molecule has 1 aromatic carbocycles. The normalized spacial score (nSPS) is 14.0. The minimum absolute atomic E-state index is 0.0221. The molecule has 0 unspecified atom stereocenters. The molecule has 0 aliphatic heterocycles. The highest BCUT2D eigenvalue weighted by Gasteiger charge is 2.25. The van der Waals surface area contributed by atoms with E-state index in [0.29, 0.717) is 44.1 Å². The van der Waals surface area contributed by atoms with Crippen molar-refractivity contribution in [1.82, 2.24) is 4.90 Å². The molecular formula is C21H30N2O6. The van der Waals surface area contributed by atoms with Crippen molar-refractivity contribution in [2.75, 3.05) is 19.8 Å². The molecule has 1 aliphatic carbocycles. The molecule has 8 heteroatoms. The number of carbonyl (C=O) groups is 2. The Labute approximate surface area is 171 Å². The van der Waals surface area contributed by atoms with E-state index in [-0.39, 0.29) is 23.8 Å². The minimum atomic E-state index is -0.602. The SMILES string of the molecule is O=Cc1ccc(OCCCCCC(=O)N(CCCO)C2CCCC2)cc1[N+](=O)[O-]. The number of hydrogen-bond acceptors (Lipinski definition) is 6. The standard InChI is InChI=1S/C21H30N2O6/c24-13-6-12-22(18-7-3-4-8-18)21(26)9-2-1-5-14-29-19-11-10-17(16-25)20(15-19)23(27)28/h10-11,15-16,18,24H,1-9,12-14H2. The van der Waals surface area contributed by atoms with Crippen molar-refractivity contribution < 1.29 is 24.4 Å². The Hall–Kier alpha value is -2.48. The number of rotatable bonds is 13. The van der Waals surface area contributed by atoms with Crippen LogP contribution in [0.3, 0.4) is 0 Å². The number of carbonyl (C=O) groups excluding carboxylic acids is 2. The van der Waals surface area contributed by atoms with Gasteiger partial charge >= 0.3 is 0 Å². The fourth-order valence-corrected chi connectivity index (χ4v) is 3.73. The quantitative estimate of drug-likeness (QED) is 0.232. The molecule has 1 saturated carbocycles. The summed E-state index contributed by atoms with van der Waals surface area (Å²) >= 11 is 0. The number of nitro benzene ring substituents is 1. The zero-order chi connectivity index (χ0) is 21.1. The molecule has 0 atom stereocenters. The first-order valence-corrected chi connectivity index (χ1v) is 10.3. The summed E-state index contributed by atoms with van der Waals surface area (Å²) < 4.78 is 5.54. The molecule has 1 aliphatic rings. The fourth-order valence-electron chi connectivity index (χ4n) is 3.73. The minimum Gasteiger partial charge on any atom is -0.493 e. The Balaban J connectivity index is 1.70. The summed E-state index contributed by atoms with van der Waals surface area (Å²) in [6.45, 7) is 1.11. The maximum atomic E-state index is 12.6. The molecule has 0 radical (unpaired) electrons. The fraction of sp³-hybridized carbons (Fsp3) is 0.619. The predicted octanol–water partition coefficient (Wildman–Crippen LogP) is 3.50. The molecule has 2 rings (SSSR count). The number of aliphatic hydroxyl groups excluding tert-OH is 1. The molecular weight excluding hydrogens is 376 g/mol. The Kier molecular flexibility index (Phi) is 9.56. The van der Waals surface area contributed by atoms with Gasteiger partial charge in [0, 0.05) is 25.6 Å². The van der Waals surface area contributed by atoms with Gasteiger partial charge in [0.05, 0.1) is 23.2 Å². The third-order valence-electron chi connectivity index (χ3n) is 5.27. The molecule has 8 nitrogen and oxygen atoms in total. The highest BCUT2D eigenvalue weighted by Crippen LogP contribution is 2.25. The molecule has 0 bridgehead atoms. The molecule has 0 heterocycles. The van der Waals surface area contributed by atoms with E-state index >= 15 is 0 Å². The van der Waals surface area contributed by atoms with E-state index in [4.69, 9.17) is 9.84 Å². The van der Waals surface area contributed by atoms with Crippen LogP contribution >= 0.6 is 0 Å². The largest absolute Gasteiger partial charge is 0.493 e. The van der Waals surface area contributed by atoms with Gasteiger partial charge in [-0.3, -0.25) is 19.7 Å². The van der Waals surface area contributed by atoms with Crippen molar-refractivity contribution in [1.29, 1.82) is 0 Å². The van der Waals surface area contributed by atoms with Gasteiger partial charge in [0.15, 0.2) is 6.29 Å². The van der Waals surface area contributed by atoms with Crippen LogP contribution in [0.1, 0.15) is 68.1 Å². The van der Waals surface area contributed by atoms with Gasteiger partial charge in [-0.05, 0) is 50.7 Å². The van der Waals surface area contributed by atoms with E-state index in [1.54, 1.807) is 6.07 Å². The lowest BCUT2D eigenvalue weighted by molar-refractivity contribution is -0.385. The number of nitro groups is 1. The van der Waals surface area contributed by atoms with Crippen LogP contribution in [0.2, 0.25) is 0 Å². The summed E-state index contributed by atoms with van der Waals surface area (Å²) in [5.74, 6) is 0.515. The second-order valence-corrected chi connectivity index (χ2v) is 7.36. The van der Waals surface area contributed by atoms with Crippen LogP contribution in [-0.4, -0.2) is 52.9 Å². The third-order valence-corrected chi connectivity index (χ3v) is 5.27. The first-order chi connectivity index (χ1) is 14.1. The zero-order valence-electron chi connectivity index (χ0n) is 16.8. The molecule has 1 amide bonds. The first-order valence-electron chi connectivity index (χ1n) is 10.3. The van der Waals surface area contributed by atoms with Crippen LogP contribution in [-0.2, 0) is 4.79 Å². The molecule has 160 valence electrons. The van der Waals surface area contributed by atoms with Gasteiger partial charge in [0.25, 0.3) is 5.69 Å². The lowest BCUT2D eigenvalue weighted by Crippen LogP contribution is -2.39. The van der Waals surface area contributed by atoms with Crippen LogP contribution in [0.5, 0.6) is 5.75 Å². The maximum Gasteiger partial charge on any atom is 0.283 e. The Bertz CT molecular complexity index is 688. The van der Waals surface area contributed by atoms with Gasteiger partial charge in [-0.2, -0.15) is 0 Å². The van der Waals surface area contributed by atoms with Gasteiger partial charge in [-0.25, -0.2) is 0 Å². The second kappa shape index (κ2) is 12.2. The summed E-state index contributed by atoms with van der Waals surface area (Å²) in [5.41, 5.74) is -0.244. The summed E-state index contributed by atoms with van der Waals surface area (Å²) in [5, 5.41) is 20.0. The molecule has 29 heavy (non-hydrogen) atoms. The first kappa shape index (κ1) is 22.8. The van der Waals surface area contributed by atoms with Gasteiger partial charge < -0.3 is 14.7 Å². The summed E-state index contributed by atoms with van der Waals surface area (Å²) in [4.78, 5) is 35.7. The van der Waals surface area contributed by atoms with Crippen molar-refractivity contribution in [2.24, 2.45) is 0 Å². The average Bonchev–Trinajstić information content (AvgIpc) is 3.25. The van der Waals surface area contributed by atoms with E-state index in [1.165, 1.54) is 12.1 Å². The summed E-state index contributed by atoms with van der Waals surface area (Å²) in [7, 11) is 0. The Morgan fingerprint density at radius 3 is 2.66 bits per heavy atom. The highest BCUT2D eigenvalue weighted by atomic mass is 16.6. The number of aliphatic hydroxyl groups is 1. The van der Waals surface area contributed by atoms with Crippen LogP contribution in [0.4, 0.5) is 5.69 Å². The number of amides is 1. The number of benzene rings is 1. The summed E-state index contributed by atoms with van der Waals surface area (Å²) in [6, 6.07) is 4.50. The Morgan fingerprint density at radius 1 is 1.24 bits per heavy atom. The van der Waals surface area contributed by atoms with Gasteiger partial charge in [0.1, 0.15) is 5.75 Å². The van der Waals surface area contributed by atoms with Crippen molar-refractivity contribution >= 4 is 17.9 Å². The van der Waals surface area contributed by atoms with Crippen molar-refractivity contribution in [3.8, 4) is 5.75 Å². The zero-order valence-corrected chi connectivity index (χ0v) is 16.8. The van der Waals surface area contributed by atoms with Crippen LogP contribution in [0, 0.1) is 10.1 Å². The molecule has 1 fully saturated rings. The molecule has 0 aromatic heterocycles. The van der Waals surface area contributed by atoms with Gasteiger partial charge in [-0.1, -0.05) is 12.8 Å². The van der Waals surface area contributed by atoms with Gasteiger partial charge in [0.2, 0.25) is 5.91 Å². The topological polar surface area (TPSA) is 110 Å². The number of ether oxygens (including phenoxy) is 1.